The number of rotatable bonds is 5. The van der Waals surface area contributed by atoms with Gasteiger partial charge in [-0.15, -0.1) is 0 Å². The van der Waals surface area contributed by atoms with Gasteiger partial charge in [0.05, 0.1) is 0 Å². The van der Waals surface area contributed by atoms with Crippen LogP contribution in [0.25, 0.3) is 5.82 Å². The summed E-state index contributed by atoms with van der Waals surface area (Å²) in [5.74, 6) is 1.94. The normalized spacial score (nSPS) is 10.6. The lowest BCUT2D eigenvalue weighted by molar-refractivity contribution is 0.102. The van der Waals surface area contributed by atoms with E-state index in [4.69, 9.17) is 0 Å². The van der Waals surface area contributed by atoms with Crippen LogP contribution < -0.4 is 10.6 Å². The second-order valence-electron chi connectivity index (χ2n) is 6.60. The van der Waals surface area contributed by atoms with Crippen LogP contribution in [0.2, 0.25) is 0 Å². The van der Waals surface area contributed by atoms with E-state index in [0.29, 0.717) is 17.2 Å². The number of aromatic nitrogens is 4. The monoisotopic (exact) mass is 384 g/mol. The first kappa shape index (κ1) is 18.4. The van der Waals surface area contributed by atoms with Crippen LogP contribution in [-0.4, -0.2) is 25.4 Å². The fraction of sp³-hybridized carbons (Fsp3) is 0.0909. The number of nitrogens with one attached hydrogen (secondary N) is 2. The lowest BCUT2D eigenvalue weighted by Gasteiger charge is -2.11. The molecule has 0 saturated heterocycles. The highest BCUT2D eigenvalue weighted by Gasteiger charge is 2.09. The first-order chi connectivity index (χ1) is 14.1. The quantitative estimate of drug-likeness (QED) is 0.537. The molecule has 7 heteroatoms. The van der Waals surface area contributed by atoms with Crippen molar-refractivity contribution in [3.63, 3.8) is 0 Å². The topological polar surface area (TPSA) is 84.7 Å². The Morgan fingerprint density at radius 1 is 0.966 bits per heavy atom. The van der Waals surface area contributed by atoms with E-state index in [2.05, 4.69) is 25.6 Å². The molecule has 2 N–H and O–H groups in total. The SMILES string of the molecule is Cc1nc(Nc2ccc(NC(=O)c3ccccc3C)cc2)cc(-n2ccnc2)n1. The van der Waals surface area contributed by atoms with Crippen molar-refractivity contribution < 1.29 is 4.79 Å². The van der Waals surface area contributed by atoms with Gasteiger partial charge in [-0.25, -0.2) is 15.0 Å². The summed E-state index contributed by atoms with van der Waals surface area (Å²) in [6.45, 7) is 3.76. The van der Waals surface area contributed by atoms with Gasteiger partial charge in [-0.1, -0.05) is 18.2 Å². The Morgan fingerprint density at radius 2 is 1.72 bits per heavy atom. The molecular weight excluding hydrogens is 364 g/mol. The van der Waals surface area contributed by atoms with Crippen molar-refractivity contribution in [2.24, 2.45) is 0 Å². The third-order valence-electron chi connectivity index (χ3n) is 4.40. The highest BCUT2D eigenvalue weighted by molar-refractivity contribution is 6.05. The van der Waals surface area contributed by atoms with Gasteiger partial charge < -0.3 is 10.6 Å². The van der Waals surface area contributed by atoms with Gasteiger partial charge in [-0.2, -0.15) is 0 Å². The Bertz CT molecular complexity index is 1140. The number of amides is 1. The highest BCUT2D eigenvalue weighted by atomic mass is 16.1. The van der Waals surface area contributed by atoms with Crippen molar-refractivity contribution in [2.75, 3.05) is 10.6 Å². The summed E-state index contributed by atoms with van der Waals surface area (Å²) < 4.78 is 1.82. The summed E-state index contributed by atoms with van der Waals surface area (Å²) in [6.07, 6.45) is 5.23. The zero-order valence-corrected chi connectivity index (χ0v) is 16.1. The zero-order valence-electron chi connectivity index (χ0n) is 16.1. The number of nitrogens with zero attached hydrogens (tertiary/aromatic N) is 4. The Kier molecular flexibility index (Phi) is 5.03. The van der Waals surface area contributed by atoms with Crippen LogP contribution in [0.1, 0.15) is 21.7 Å². The van der Waals surface area contributed by atoms with Crippen LogP contribution in [0, 0.1) is 13.8 Å². The smallest absolute Gasteiger partial charge is 0.255 e. The van der Waals surface area contributed by atoms with E-state index in [0.717, 1.165) is 22.8 Å². The minimum atomic E-state index is -0.125. The molecule has 4 rings (SSSR count). The molecule has 2 aromatic heterocycles. The van der Waals surface area contributed by atoms with Gasteiger partial charge in [0.25, 0.3) is 5.91 Å². The van der Waals surface area contributed by atoms with Gasteiger partial charge in [0.2, 0.25) is 0 Å². The minimum absolute atomic E-state index is 0.125. The maximum Gasteiger partial charge on any atom is 0.255 e. The molecule has 144 valence electrons. The first-order valence-corrected chi connectivity index (χ1v) is 9.16. The molecular formula is C22H20N6O. The van der Waals surface area contributed by atoms with E-state index in [1.165, 1.54) is 0 Å². The van der Waals surface area contributed by atoms with Crippen molar-refractivity contribution in [1.82, 2.24) is 19.5 Å². The van der Waals surface area contributed by atoms with Crippen LogP contribution in [0.15, 0.2) is 73.3 Å². The summed E-state index contributed by atoms with van der Waals surface area (Å²) in [5.41, 5.74) is 3.18. The van der Waals surface area contributed by atoms with Gasteiger partial charge in [0.15, 0.2) is 0 Å². The predicted molar refractivity (Wildman–Crippen MR) is 113 cm³/mol. The second-order valence-corrected chi connectivity index (χ2v) is 6.60. The van der Waals surface area contributed by atoms with E-state index in [9.17, 15) is 4.79 Å². The number of anilines is 3. The Hall–Kier alpha value is -4.00. The number of hydrogen-bond donors (Lipinski definition) is 2. The molecule has 4 aromatic rings. The molecule has 0 aliphatic rings. The molecule has 0 saturated carbocycles. The number of imidazole rings is 1. The van der Waals surface area contributed by atoms with Gasteiger partial charge >= 0.3 is 0 Å². The maximum atomic E-state index is 12.4. The summed E-state index contributed by atoms with van der Waals surface area (Å²) in [4.78, 5) is 25.4. The summed E-state index contributed by atoms with van der Waals surface area (Å²) in [6, 6.07) is 16.8. The second kappa shape index (κ2) is 7.93. The van der Waals surface area contributed by atoms with Crippen molar-refractivity contribution in [1.29, 1.82) is 0 Å². The van der Waals surface area contributed by atoms with Crippen LogP contribution in [0.3, 0.4) is 0 Å². The Balaban J connectivity index is 1.48. The van der Waals surface area contributed by atoms with Gasteiger partial charge in [0.1, 0.15) is 23.8 Å². The van der Waals surface area contributed by atoms with Crippen molar-refractivity contribution in [3.05, 3.63) is 90.3 Å². The molecule has 0 atom stereocenters. The van der Waals surface area contributed by atoms with Gasteiger partial charge in [-0.3, -0.25) is 9.36 Å². The maximum absolute atomic E-state index is 12.4. The molecule has 1 amide bonds. The van der Waals surface area contributed by atoms with Crippen LogP contribution >= 0.6 is 0 Å². The Labute approximate surface area is 168 Å². The Morgan fingerprint density at radius 3 is 2.45 bits per heavy atom. The minimum Gasteiger partial charge on any atom is -0.340 e. The van der Waals surface area contributed by atoms with E-state index in [1.807, 2.05) is 79.2 Å². The summed E-state index contributed by atoms with van der Waals surface area (Å²) in [5, 5.41) is 6.20. The molecule has 7 nitrogen and oxygen atoms in total. The zero-order chi connectivity index (χ0) is 20.2. The van der Waals surface area contributed by atoms with Gasteiger partial charge in [0, 0.05) is 35.4 Å². The highest BCUT2D eigenvalue weighted by Crippen LogP contribution is 2.20. The average Bonchev–Trinajstić information content (AvgIpc) is 3.24. The molecule has 29 heavy (non-hydrogen) atoms. The lowest BCUT2D eigenvalue weighted by atomic mass is 10.1. The van der Waals surface area contributed by atoms with Crippen LogP contribution in [0.5, 0.6) is 0 Å². The molecule has 0 fully saturated rings. The van der Waals surface area contributed by atoms with Crippen molar-refractivity contribution >= 4 is 23.1 Å². The molecule has 0 aliphatic heterocycles. The number of hydrogen-bond acceptors (Lipinski definition) is 5. The fourth-order valence-electron chi connectivity index (χ4n) is 2.95. The van der Waals surface area contributed by atoms with E-state index in [-0.39, 0.29) is 5.91 Å². The molecule has 0 aliphatic carbocycles. The van der Waals surface area contributed by atoms with Gasteiger partial charge in [-0.05, 0) is 49.7 Å². The molecule has 0 bridgehead atoms. The molecule has 0 unspecified atom stereocenters. The number of carbonyl (C=O) groups excluding carboxylic acids is 1. The van der Waals surface area contributed by atoms with E-state index < -0.39 is 0 Å². The number of aryl methyl sites for hydroxylation is 2. The van der Waals surface area contributed by atoms with E-state index in [1.54, 1.807) is 12.5 Å². The molecule has 2 heterocycles. The number of carbonyl (C=O) groups is 1. The van der Waals surface area contributed by atoms with E-state index >= 15 is 0 Å². The predicted octanol–water partition coefficient (Wildman–Crippen LogP) is 4.28. The fourth-order valence-corrected chi connectivity index (χ4v) is 2.95. The standard InChI is InChI=1S/C22H20N6O/c1-15-5-3-4-6-19(15)22(29)27-18-9-7-17(8-10-18)26-20-13-21(25-16(2)24-20)28-12-11-23-14-28/h3-14H,1-2H3,(H,27,29)(H,24,25,26). The average molecular weight is 384 g/mol. The summed E-state index contributed by atoms with van der Waals surface area (Å²) >= 11 is 0. The van der Waals surface area contributed by atoms with Crippen molar-refractivity contribution in [3.8, 4) is 5.82 Å². The third-order valence-corrected chi connectivity index (χ3v) is 4.40. The largest absolute Gasteiger partial charge is 0.340 e. The molecule has 0 spiro atoms. The van der Waals surface area contributed by atoms with Crippen LogP contribution in [-0.2, 0) is 0 Å². The van der Waals surface area contributed by atoms with Crippen molar-refractivity contribution in [2.45, 2.75) is 13.8 Å². The number of benzene rings is 2. The van der Waals surface area contributed by atoms with Crippen LogP contribution in [0.4, 0.5) is 17.2 Å². The summed E-state index contributed by atoms with van der Waals surface area (Å²) in [7, 11) is 0. The molecule has 0 radical (unpaired) electrons. The molecule has 2 aromatic carbocycles. The third kappa shape index (κ3) is 4.30. The lowest BCUT2D eigenvalue weighted by Crippen LogP contribution is -2.13. The first-order valence-electron chi connectivity index (χ1n) is 9.16.